The molecule has 3 nitrogen and oxygen atoms in total. The van der Waals surface area contributed by atoms with Gasteiger partial charge in [0.15, 0.2) is 11.6 Å². The zero-order valence-corrected chi connectivity index (χ0v) is 15.1. The van der Waals surface area contributed by atoms with Crippen LogP contribution in [0.3, 0.4) is 0 Å². The fraction of sp³-hybridized carbons (Fsp3) is 0.0833. The molecule has 0 bridgehead atoms. The quantitative estimate of drug-likeness (QED) is 0.430. The van der Waals surface area contributed by atoms with Gasteiger partial charge in [0.25, 0.3) is 0 Å². The summed E-state index contributed by atoms with van der Waals surface area (Å²) in [6, 6.07) is 25.6. The van der Waals surface area contributed by atoms with E-state index >= 15 is 0 Å². The van der Waals surface area contributed by atoms with Crippen LogP contribution >= 0.6 is 0 Å². The second-order valence-electron chi connectivity index (χ2n) is 6.09. The summed E-state index contributed by atoms with van der Waals surface area (Å²) in [6.07, 6.45) is 1.72. The molecule has 0 amide bonds. The minimum Gasteiger partial charge on any atom is -0.497 e. The Morgan fingerprint density at radius 1 is 0.741 bits per heavy atom. The van der Waals surface area contributed by atoms with Crippen molar-refractivity contribution in [2.24, 2.45) is 0 Å². The summed E-state index contributed by atoms with van der Waals surface area (Å²) >= 11 is 0. The molecule has 0 atom stereocenters. The lowest BCUT2D eigenvalue weighted by atomic mass is 9.95. The van der Waals surface area contributed by atoms with Gasteiger partial charge in [-0.05, 0) is 41.5 Å². The number of benzene rings is 3. The maximum absolute atomic E-state index is 12.7. The van der Waals surface area contributed by atoms with Crippen molar-refractivity contribution in [3.63, 3.8) is 0 Å². The van der Waals surface area contributed by atoms with Crippen LogP contribution < -0.4 is 4.74 Å². The predicted octanol–water partition coefficient (Wildman–Crippen LogP) is 5.23. The van der Waals surface area contributed by atoms with Crippen LogP contribution in [0, 0.1) is 0 Å². The van der Waals surface area contributed by atoms with Crippen molar-refractivity contribution in [2.45, 2.75) is 6.42 Å². The number of carbonyl (C=O) groups is 2. The maximum atomic E-state index is 12.7. The van der Waals surface area contributed by atoms with Crippen LogP contribution in [-0.2, 0) is 0 Å². The topological polar surface area (TPSA) is 43.4 Å². The van der Waals surface area contributed by atoms with Gasteiger partial charge >= 0.3 is 0 Å². The molecule has 0 aliphatic carbocycles. The molecule has 0 saturated heterocycles. The summed E-state index contributed by atoms with van der Waals surface area (Å²) in [5.74, 6) is 0.531. The molecule has 0 spiro atoms. The predicted molar refractivity (Wildman–Crippen MR) is 107 cm³/mol. The Bertz CT molecular complexity index is 940. The van der Waals surface area contributed by atoms with E-state index in [1.807, 2.05) is 48.5 Å². The van der Waals surface area contributed by atoms with Gasteiger partial charge in [0.05, 0.1) is 7.11 Å². The van der Waals surface area contributed by atoms with Crippen molar-refractivity contribution in [1.82, 2.24) is 0 Å². The van der Waals surface area contributed by atoms with Crippen LogP contribution in [0.25, 0.3) is 5.57 Å². The van der Waals surface area contributed by atoms with E-state index in [1.54, 1.807) is 49.6 Å². The molecule has 3 heteroatoms. The number of rotatable bonds is 7. The van der Waals surface area contributed by atoms with Gasteiger partial charge in [0.2, 0.25) is 0 Å². The Morgan fingerprint density at radius 3 is 1.85 bits per heavy atom. The first-order valence-electron chi connectivity index (χ1n) is 8.70. The number of ketones is 2. The van der Waals surface area contributed by atoms with E-state index in [1.165, 1.54) is 0 Å². The fourth-order valence-electron chi connectivity index (χ4n) is 2.78. The highest BCUT2D eigenvalue weighted by Crippen LogP contribution is 2.22. The van der Waals surface area contributed by atoms with Crippen molar-refractivity contribution >= 4 is 17.1 Å². The van der Waals surface area contributed by atoms with Crippen molar-refractivity contribution in [3.05, 3.63) is 108 Å². The molecule has 134 valence electrons. The lowest BCUT2D eigenvalue weighted by Gasteiger charge is -2.08. The monoisotopic (exact) mass is 356 g/mol. The molecule has 0 fully saturated rings. The zero-order valence-electron chi connectivity index (χ0n) is 15.1. The summed E-state index contributed by atoms with van der Waals surface area (Å²) in [7, 11) is 1.58. The van der Waals surface area contributed by atoms with Crippen molar-refractivity contribution in [2.75, 3.05) is 7.11 Å². The van der Waals surface area contributed by atoms with Crippen molar-refractivity contribution < 1.29 is 14.3 Å². The maximum Gasteiger partial charge on any atom is 0.186 e. The van der Waals surface area contributed by atoms with E-state index in [4.69, 9.17) is 4.74 Å². The molecule has 0 heterocycles. The normalized spacial score (nSPS) is 11.1. The molecule has 0 aromatic heterocycles. The van der Waals surface area contributed by atoms with Crippen LogP contribution in [0.5, 0.6) is 5.75 Å². The Hall–Kier alpha value is -3.46. The van der Waals surface area contributed by atoms with Crippen LogP contribution in [0.1, 0.15) is 32.7 Å². The van der Waals surface area contributed by atoms with Crippen LogP contribution in [0.4, 0.5) is 0 Å². The SMILES string of the molecule is COc1ccc(C(=O)C=C(CC(=O)c2ccccc2)c2ccccc2)cc1. The highest BCUT2D eigenvalue weighted by Gasteiger charge is 2.13. The van der Waals surface area contributed by atoms with E-state index in [2.05, 4.69) is 0 Å². The average molecular weight is 356 g/mol. The molecule has 27 heavy (non-hydrogen) atoms. The lowest BCUT2D eigenvalue weighted by Crippen LogP contribution is -2.03. The number of Topliss-reactive ketones (excluding diaryl/α,β-unsaturated/α-hetero) is 1. The van der Waals surface area contributed by atoms with E-state index in [-0.39, 0.29) is 18.0 Å². The molecule has 3 rings (SSSR count). The highest BCUT2D eigenvalue weighted by atomic mass is 16.5. The second-order valence-corrected chi connectivity index (χ2v) is 6.09. The van der Waals surface area contributed by atoms with Gasteiger partial charge in [-0.2, -0.15) is 0 Å². The van der Waals surface area contributed by atoms with E-state index < -0.39 is 0 Å². The summed E-state index contributed by atoms with van der Waals surface area (Å²) < 4.78 is 5.13. The number of hydrogen-bond donors (Lipinski definition) is 0. The van der Waals surface area contributed by atoms with Crippen LogP contribution in [0.15, 0.2) is 91.0 Å². The summed E-state index contributed by atoms with van der Waals surface area (Å²) in [5, 5.41) is 0. The average Bonchev–Trinajstić information content (AvgIpc) is 2.74. The van der Waals surface area contributed by atoms with Gasteiger partial charge in [-0.25, -0.2) is 0 Å². The van der Waals surface area contributed by atoms with E-state index in [9.17, 15) is 9.59 Å². The van der Waals surface area contributed by atoms with Crippen molar-refractivity contribution in [1.29, 1.82) is 0 Å². The number of ether oxygens (including phenoxy) is 1. The molecule has 0 N–H and O–H groups in total. The molecule has 3 aromatic rings. The summed E-state index contributed by atoms with van der Waals surface area (Å²) in [5.41, 5.74) is 2.75. The van der Waals surface area contributed by atoms with Crippen molar-refractivity contribution in [3.8, 4) is 5.75 Å². The molecule has 0 unspecified atom stereocenters. The number of hydrogen-bond acceptors (Lipinski definition) is 3. The second kappa shape index (κ2) is 8.77. The zero-order chi connectivity index (χ0) is 19.1. The van der Waals surface area contributed by atoms with Gasteiger partial charge < -0.3 is 4.74 Å². The summed E-state index contributed by atoms with van der Waals surface area (Å²) in [4.78, 5) is 25.4. The first-order chi connectivity index (χ1) is 13.2. The third-order valence-electron chi connectivity index (χ3n) is 4.27. The Labute approximate surface area is 158 Å². The molecule has 0 aliphatic heterocycles. The highest BCUT2D eigenvalue weighted by molar-refractivity contribution is 6.11. The third kappa shape index (κ3) is 4.79. The third-order valence-corrected chi connectivity index (χ3v) is 4.27. The van der Waals surface area contributed by atoms with Gasteiger partial charge in [0, 0.05) is 17.5 Å². The lowest BCUT2D eigenvalue weighted by molar-refractivity contribution is 0.0998. The minimum atomic E-state index is -0.141. The molecule has 0 radical (unpaired) electrons. The fourth-order valence-corrected chi connectivity index (χ4v) is 2.78. The minimum absolute atomic E-state index is 0.0202. The molecular formula is C24H20O3. The number of allylic oxidation sites excluding steroid dienone is 2. The molecule has 0 aliphatic rings. The van der Waals surface area contributed by atoms with E-state index in [0.717, 1.165) is 5.56 Å². The number of methoxy groups -OCH3 is 1. The summed E-state index contributed by atoms with van der Waals surface area (Å²) in [6.45, 7) is 0. The van der Waals surface area contributed by atoms with Gasteiger partial charge in [-0.1, -0.05) is 60.7 Å². The smallest absolute Gasteiger partial charge is 0.186 e. The first kappa shape index (κ1) is 18.3. The first-order valence-corrected chi connectivity index (χ1v) is 8.70. The molecule has 3 aromatic carbocycles. The van der Waals surface area contributed by atoms with Gasteiger partial charge in [-0.15, -0.1) is 0 Å². The molecular weight excluding hydrogens is 336 g/mol. The Kier molecular flexibility index (Phi) is 5.95. The van der Waals surface area contributed by atoms with Crippen LogP contribution in [-0.4, -0.2) is 18.7 Å². The Morgan fingerprint density at radius 2 is 1.30 bits per heavy atom. The molecule has 0 saturated carbocycles. The van der Waals surface area contributed by atoms with E-state index in [0.29, 0.717) is 22.4 Å². The largest absolute Gasteiger partial charge is 0.497 e. The Balaban J connectivity index is 1.90. The van der Waals surface area contributed by atoms with Crippen LogP contribution in [0.2, 0.25) is 0 Å². The standard InChI is InChI=1S/C24H20O3/c1-27-22-14-12-20(13-15-22)24(26)17-21(18-8-4-2-5-9-18)16-23(25)19-10-6-3-7-11-19/h2-15,17H,16H2,1H3. The van der Waals surface area contributed by atoms with Gasteiger partial charge in [0.1, 0.15) is 5.75 Å². The number of carbonyl (C=O) groups excluding carboxylic acids is 2. The van der Waals surface area contributed by atoms with Gasteiger partial charge in [-0.3, -0.25) is 9.59 Å².